The van der Waals surface area contributed by atoms with Gasteiger partial charge < -0.3 is 20.1 Å². The van der Waals surface area contributed by atoms with E-state index < -0.39 is 6.10 Å². The molecule has 1 saturated carbocycles. The van der Waals surface area contributed by atoms with Crippen LogP contribution in [0.3, 0.4) is 0 Å². The fourth-order valence-corrected chi connectivity index (χ4v) is 2.11. The molecular formula is C15H22N2O3. The zero-order valence-electron chi connectivity index (χ0n) is 12.2. The molecule has 1 unspecified atom stereocenters. The van der Waals surface area contributed by atoms with Gasteiger partial charge in [0.05, 0.1) is 18.9 Å². The number of nitrogens with zero attached hydrogens (tertiary/aromatic N) is 1. The van der Waals surface area contributed by atoms with Gasteiger partial charge >= 0.3 is 6.03 Å². The highest BCUT2D eigenvalue weighted by molar-refractivity contribution is 5.90. The molecule has 2 rings (SSSR count). The van der Waals surface area contributed by atoms with Gasteiger partial charge in [0, 0.05) is 13.6 Å². The summed E-state index contributed by atoms with van der Waals surface area (Å²) < 4.78 is 5.25. The van der Waals surface area contributed by atoms with Crippen LogP contribution in [0.5, 0.6) is 5.75 Å². The van der Waals surface area contributed by atoms with Gasteiger partial charge in [0.1, 0.15) is 5.75 Å². The number of rotatable bonds is 5. The molecule has 20 heavy (non-hydrogen) atoms. The number of hydrogen-bond acceptors (Lipinski definition) is 3. The number of amides is 2. The summed E-state index contributed by atoms with van der Waals surface area (Å²) in [6.45, 7) is 2.32. The van der Waals surface area contributed by atoms with Crippen molar-refractivity contribution in [1.29, 1.82) is 0 Å². The number of aryl methyl sites for hydroxylation is 1. The first-order valence-electron chi connectivity index (χ1n) is 6.86. The van der Waals surface area contributed by atoms with Crippen molar-refractivity contribution in [2.24, 2.45) is 5.92 Å². The molecule has 2 amide bonds. The third-order valence-electron chi connectivity index (χ3n) is 3.57. The summed E-state index contributed by atoms with van der Waals surface area (Å²) in [6.07, 6.45) is 1.69. The van der Waals surface area contributed by atoms with Crippen molar-refractivity contribution in [3.8, 4) is 5.75 Å². The van der Waals surface area contributed by atoms with E-state index in [-0.39, 0.29) is 6.03 Å². The summed E-state index contributed by atoms with van der Waals surface area (Å²) in [7, 11) is 3.26. The number of aliphatic hydroxyl groups is 1. The molecule has 1 atom stereocenters. The smallest absolute Gasteiger partial charge is 0.321 e. The van der Waals surface area contributed by atoms with E-state index in [1.165, 1.54) is 4.90 Å². The fourth-order valence-electron chi connectivity index (χ4n) is 2.11. The first kappa shape index (κ1) is 14.7. The Bertz CT molecular complexity index is 486. The molecule has 0 saturated heterocycles. The van der Waals surface area contributed by atoms with E-state index in [4.69, 9.17) is 4.74 Å². The number of ether oxygens (including phenoxy) is 1. The molecule has 2 N–H and O–H groups in total. The molecule has 1 aliphatic rings. The number of hydrogen-bond donors (Lipinski definition) is 2. The molecule has 0 bridgehead atoms. The fraction of sp³-hybridized carbons (Fsp3) is 0.533. The second kappa shape index (κ2) is 6.13. The number of anilines is 1. The Kier molecular flexibility index (Phi) is 4.49. The van der Waals surface area contributed by atoms with E-state index in [1.54, 1.807) is 14.2 Å². The minimum absolute atomic E-state index is 0.244. The Balaban J connectivity index is 1.96. The van der Waals surface area contributed by atoms with Crippen LogP contribution in [0.15, 0.2) is 18.2 Å². The SMILES string of the molecule is COc1cc(C)ccc1NC(=O)N(C)CC(O)C1CC1. The average molecular weight is 278 g/mol. The van der Waals surface area contributed by atoms with Crippen LogP contribution in [0, 0.1) is 12.8 Å². The lowest BCUT2D eigenvalue weighted by molar-refractivity contribution is 0.117. The normalized spacial score (nSPS) is 15.6. The lowest BCUT2D eigenvalue weighted by atomic mass is 10.2. The molecule has 5 nitrogen and oxygen atoms in total. The van der Waals surface area contributed by atoms with Crippen molar-refractivity contribution in [1.82, 2.24) is 4.90 Å². The highest BCUT2D eigenvalue weighted by atomic mass is 16.5. The quantitative estimate of drug-likeness (QED) is 0.868. The number of likely N-dealkylation sites (N-methyl/N-ethyl adjacent to an activating group) is 1. The van der Waals surface area contributed by atoms with E-state index in [0.29, 0.717) is 23.9 Å². The standard InChI is InChI=1S/C15H22N2O3/c1-10-4-7-12(14(8-10)20-3)16-15(19)17(2)9-13(18)11-5-6-11/h4,7-8,11,13,18H,5-6,9H2,1-3H3,(H,16,19). The molecule has 110 valence electrons. The first-order valence-corrected chi connectivity index (χ1v) is 6.86. The van der Waals surface area contributed by atoms with Crippen molar-refractivity contribution in [2.75, 3.05) is 26.0 Å². The zero-order valence-corrected chi connectivity index (χ0v) is 12.2. The van der Waals surface area contributed by atoms with Gasteiger partial charge in [-0.25, -0.2) is 4.79 Å². The molecule has 1 aromatic rings. The Labute approximate surface area is 119 Å². The number of carbonyl (C=O) groups excluding carboxylic acids is 1. The van der Waals surface area contributed by atoms with Crippen LogP contribution in [0.1, 0.15) is 18.4 Å². The average Bonchev–Trinajstić information content (AvgIpc) is 3.24. The molecule has 1 aliphatic carbocycles. The molecule has 0 heterocycles. The van der Waals surface area contributed by atoms with Crippen LogP contribution in [-0.2, 0) is 0 Å². The van der Waals surface area contributed by atoms with Crippen LogP contribution in [-0.4, -0.2) is 42.8 Å². The van der Waals surface area contributed by atoms with Gasteiger partial charge in [-0.2, -0.15) is 0 Å². The van der Waals surface area contributed by atoms with Crippen molar-refractivity contribution >= 4 is 11.7 Å². The van der Waals surface area contributed by atoms with E-state index in [1.807, 2.05) is 25.1 Å². The Morgan fingerprint density at radius 2 is 2.25 bits per heavy atom. The summed E-state index contributed by atoms with van der Waals surface area (Å²) in [6, 6.07) is 5.36. The molecule has 0 spiro atoms. The maximum atomic E-state index is 12.1. The van der Waals surface area contributed by atoms with Crippen LogP contribution < -0.4 is 10.1 Å². The number of methoxy groups -OCH3 is 1. The van der Waals surface area contributed by atoms with Crippen molar-refractivity contribution in [2.45, 2.75) is 25.9 Å². The van der Waals surface area contributed by atoms with Gasteiger partial charge in [0.2, 0.25) is 0 Å². The first-order chi connectivity index (χ1) is 9.51. The Morgan fingerprint density at radius 1 is 1.55 bits per heavy atom. The number of nitrogens with one attached hydrogen (secondary N) is 1. The van der Waals surface area contributed by atoms with Gasteiger partial charge in [-0.05, 0) is 43.4 Å². The summed E-state index contributed by atoms with van der Waals surface area (Å²) in [5, 5.41) is 12.7. The molecule has 0 radical (unpaired) electrons. The lowest BCUT2D eigenvalue weighted by Crippen LogP contribution is -2.38. The molecule has 1 aromatic carbocycles. The van der Waals surface area contributed by atoms with Gasteiger partial charge in [-0.15, -0.1) is 0 Å². The van der Waals surface area contributed by atoms with Crippen LogP contribution in [0.2, 0.25) is 0 Å². The predicted molar refractivity (Wildman–Crippen MR) is 78.1 cm³/mol. The van der Waals surface area contributed by atoms with E-state index in [9.17, 15) is 9.90 Å². The zero-order chi connectivity index (χ0) is 14.7. The highest BCUT2D eigenvalue weighted by Gasteiger charge is 2.31. The van der Waals surface area contributed by atoms with Crippen molar-refractivity contribution in [3.63, 3.8) is 0 Å². The minimum Gasteiger partial charge on any atom is -0.495 e. The highest BCUT2D eigenvalue weighted by Crippen LogP contribution is 2.32. The Hall–Kier alpha value is -1.75. The monoisotopic (exact) mass is 278 g/mol. The number of carbonyl (C=O) groups is 1. The number of benzene rings is 1. The van der Waals surface area contributed by atoms with Crippen molar-refractivity contribution < 1.29 is 14.6 Å². The van der Waals surface area contributed by atoms with Crippen LogP contribution in [0.4, 0.5) is 10.5 Å². The third kappa shape index (κ3) is 3.63. The molecule has 0 aliphatic heterocycles. The van der Waals surface area contributed by atoms with Crippen LogP contribution in [0.25, 0.3) is 0 Å². The summed E-state index contributed by atoms with van der Waals surface area (Å²) in [5.41, 5.74) is 1.70. The second-order valence-corrected chi connectivity index (χ2v) is 5.42. The van der Waals surface area contributed by atoms with E-state index in [2.05, 4.69) is 5.32 Å². The molecule has 1 fully saturated rings. The Morgan fingerprint density at radius 3 is 2.85 bits per heavy atom. The topological polar surface area (TPSA) is 61.8 Å². The summed E-state index contributed by atoms with van der Waals surface area (Å²) >= 11 is 0. The van der Waals surface area contributed by atoms with E-state index >= 15 is 0 Å². The van der Waals surface area contributed by atoms with Gasteiger partial charge in [0.25, 0.3) is 0 Å². The van der Waals surface area contributed by atoms with Crippen molar-refractivity contribution in [3.05, 3.63) is 23.8 Å². The second-order valence-electron chi connectivity index (χ2n) is 5.42. The molecular weight excluding hydrogens is 256 g/mol. The predicted octanol–water partition coefficient (Wildman–Crippen LogP) is 2.24. The largest absolute Gasteiger partial charge is 0.495 e. The lowest BCUT2D eigenvalue weighted by Gasteiger charge is -2.21. The molecule has 5 heteroatoms. The van der Waals surface area contributed by atoms with E-state index in [0.717, 1.165) is 18.4 Å². The maximum absolute atomic E-state index is 12.1. The number of aliphatic hydroxyl groups excluding tert-OH is 1. The summed E-state index contributed by atoms with van der Waals surface area (Å²) in [4.78, 5) is 13.6. The van der Waals surface area contributed by atoms with Gasteiger partial charge in [-0.1, -0.05) is 6.07 Å². The minimum atomic E-state index is -0.425. The summed E-state index contributed by atoms with van der Waals surface area (Å²) in [5.74, 6) is 0.994. The van der Waals surface area contributed by atoms with Gasteiger partial charge in [0.15, 0.2) is 0 Å². The molecule has 0 aromatic heterocycles. The third-order valence-corrected chi connectivity index (χ3v) is 3.57. The maximum Gasteiger partial charge on any atom is 0.321 e. The number of urea groups is 1. The van der Waals surface area contributed by atoms with Crippen LogP contribution >= 0.6 is 0 Å². The van der Waals surface area contributed by atoms with Gasteiger partial charge in [-0.3, -0.25) is 0 Å².